The summed E-state index contributed by atoms with van der Waals surface area (Å²) in [6, 6.07) is 11.8. The van der Waals surface area contributed by atoms with Crippen molar-refractivity contribution < 1.29 is 19.0 Å². The molecule has 2 rings (SSSR count). The van der Waals surface area contributed by atoms with Crippen LogP contribution in [0.1, 0.15) is 30.5 Å². The van der Waals surface area contributed by atoms with Crippen molar-refractivity contribution in [2.24, 2.45) is 11.1 Å². The first-order valence-corrected chi connectivity index (χ1v) is 9.80. The van der Waals surface area contributed by atoms with Gasteiger partial charge in [0.15, 0.2) is 0 Å². The summed E-state index contributed by atoms with van der Waals surface area (Å²) in [6.45, 7) is 9.88. The van der Waals surface area contributed by atoms with Gasteiger partial charge in [0.1, 0.15) is 31.0 Å². The maximum absolute atomic E-state index is 6.09. The number of aryl methyl sites for hydroxylation is 2. The van der Waals surface area contributed by atoms with Crippen molar-refractivity contribution in [2.75, 3.05) is 26.9 Å². The van der Waals surface area contributed by atoms with Crippen LogP contribution in [0.3, 0.4) is 0 Å². The molecule has 0 N–H and O–H groups in total. The highest BCUT2D eigenvalue weighted by atomic mass is 16.6. The normalized spacial score (nSPS) is 12.3. The first-order valence-electron chi connectivity index (χ1n) is 9.80. The zero-order valence-corrected chi connectivity index (χ0v) is 18.0. The van der Waals surface area contributed by atoms with Gasteiger partial charge in [-0.05, 0) is 61.7 Å². The van der Waals surface area contributed by atoms with E-state index in [4.69, 9.17) is 19.0 Å². The van der Waals surface area contributed by atoms with Gasteiger partial charge in [-0.3, -0.25) is 0 Å². The Kier molecular flexibility index (Phi) is 9.09. The Morgan fingerprint density at radius 3 is 2.38 bits per heavy atom. The summed E-state index contributed by atoms with van der Waals surface area (Å²) in [4.78, 5) is 4.71. The van der Waals surface area contributed by atoms with Gasteiger partial charge in [-0.1, -0.05) is 36.4 Å². The van der Waals surface area contributed by atoms with E-state index in [1.807, 2.05) is 69.3 Å². The lowest BCUT2D eigenvalue weighted by Gasteiger charge is -2.18. The van der Waals surface area contributed by atoms with Crippen LogP contribution in [0.15, 0.2) is 53.7 Å². The zero-order chi connectivity index (χ0) is 21.1. The molecule has 5 nitrogen and oxygen atoms in total. The SMILES string of the molecule is C/C=C/COc1cc(C)c(OCC(C)COc2cccc(/C=N/OC)c2)c(C)c1. The van der Waals surface area contributed by atoms with Gasteiger partial charge in [-0.25, -0.2) is 0 Å². The summed E-state index contributed by atoms with van der Waals surface area (Å²) in [5.41, 5.74) is 3.06. The van der Waals surface area contributed by atoms with Crippen LogP contribution in [0, 0.1) is 19.8 Å². The molecule has 0 aliphatic carbocycles. The second-order valence-electron chi connectivity index (χ2n) is 6.98. The molecular weight excluding hydrogens is 366 g/mol. The molecule has 0 aromatic heterocycles. The number of rotatable bonds is 11. The van der Waals surface area contributed by atoms with E-state index in [9.17, 15) is 0 Å². The van der Waals surface area contributed by atoms with Gasteiger partial charge in [0.05, 0.1) is 19.4 Å². The van der Waals surface area contributed by atoms with Crippen LogP contribution in [-0.2, 0) is 4.84 Å². The molecule has 1 unspecified atom stereocenters. The Balaban J connectivity index is 1.87. The van der Waals surface area contributed by atoms with Crippen LogP contribution in [0.2, 0.25) is 0 Å². The van der Waals surface area contributed by atoms with E-state index in [0.717, 1.165) is 33.9 Å². The van der Waals surface area contributed by atoms with E-state index in [0.29, 0.717) is 19.8 Å². The van der Waals surface area contributed by atoms with Crippen molar-refractivity contribution in [3.05, 3.63) is 65.2 Å². The number of hydrogen-bond donors (Lipinski definition) is 0. The zero-order valence-electron chi connectivity index (χ0n) is 18.0. The number of hydrogen-bond acceptors (Lipinski definition) is 5. The lowest BCUT2D eigenvalue weighted by molar-refractivity contribution is 0.187. The number of ether oxygens (including phenoxy) is 3. The second-order valence-corrected chi connectivity index (χ2v) is 6.98. The average Bonchev–Trinajstić information content (AvgIpc) is 2.70. The van der Waals surface area contributed by atoms with Crippen LogP contribution in [0.25, 0.3) is 0 Å². The molecule has 0 fully saturated rings. The molecule has 29 heavy (non-hydrogen) atoms. The van der Waals surface area contributed by atoms with Crippen molar-refractivity contribution in [1.82, 2.24) is 0 Å². The molecule has 1 atom stereocenters. The lowest BCUT2D eigenvalue weighted by atomic mass is 10.1. The average molecular weight is 398 g/mol. The largest absolute Gasteiger partial charge is 0.493 e. The van der Waals surface area contributed by atoms with Crippen molar-refractivity contribution in [3.63, 3.8) is 0 Å². The Morgan fingerprint density at radius 1 is 0.966 bits per heavy atom. The van der Waals surface area contributed by atoms with Gasteiger partial charge in [0, 0.05) is 5.92 Å². The standard InChI is InChI=1S/C24H31NO4/c1-6-7-11-27-23-12-19(3)24(20(4)13-23)29-17-18(2)16-28-22-10-8-9-21(14-22)15-25-26-5/h6-10,12-15,18H,11,16-17H2,1-5H3/b7-6+,25-15+. The number of allylic oxidation sites excluding steroid dienone is 1. The Hall–Kier alpha value is -2.95. The molecule has 0 amide bonds. The van der Waals surface area contributed by atoms with Gasteiger partial charge in [-0.2, -0.15) is 0 Å². The predicted molar refractivity (Wildman–Crippen MR) is 117 cm³/mol. The van der Waals surface area contributed by atoms with Crippen LogP contribution < -0.4 is 14.2 Å². The van der Waals surface area contributed by atoms with E-state index in [2.05, 4.69) is 12.1 Å². The summed E-state index contributed by atoms with van der Waals surface area (Å²) in [5.74, 6) is 2.80. The first kappa shape index (κ1) is 22.3. The third-order valence-corrected chi connectivity index (χ3v) is 4.23. The van der Waals surface area contributed by atoms with Gasteiger partial charge in [0.25, 0.3) is 0 Å². The van der Waals surface area contributed by atoms with Gasteiger partial charge < -0.3 is 19.0 Å². The summed E-state index contributed by atoms with van der Waals surface area (Å²) in [6.07, 6.45) is 5.61. The molecule has 0 radical (unpaired) electrons. The van der Waals surface area contributed by atoms with Gasteiger partial charge in [-0.15, -0.1) is 0 Å². The third kappa shape index (κ3) is 7.53. The van der Waals surface area contributed by atoms with Crippen molar-refractivity contribution in [2.45, 2.75) is 27.7 Å². The number of benzene rings is 2. The fraction of sp³-hybridized carbons (Fsp3) is 0.375. The van der Waals surface area contributed by atoms with Crippen molar-refractivity contribution in [1.29, 1.82) is 0 Å². The topological polar surface area (TPSA) is 49.3 Å². The number of oxime groups is 1. The maximum Gasteiger partial charge on any atom is 0.125 e. The summed E-state index contributed by atoms with van der Waals surface area (Å²) >= 11 is 0. The first-order chi connectivity index (χ1) is 14.0. The van der Waals surface area contributed by atoms with Crippen molar-refractivity contribution >= 4 is 6.21 Å². The third-order valence-electron chi connectivity index (χ3n) is 4.23. The quantitative estimate of drug-likeness (QED) is 0.292. The summed E-state index contributed by atoms with van der Waals surface area (Å²) < 4.78 is 17.7. The predicted octanol–water partition coefficient (Wildman–Crippen LogP) is 5.33. The molecule has 0 saturated heterocycles. The molecule has 0 aliphatic heterocycles. The smallest absolute Gasteiger partial charge is 0.125 e. The molecule has 2 aromatic carbocycles. The molecule has 0 saturated carbocycles. The molecule has 0 spiro atoms. The Labute approximate surface area is 173 Å². The van der Waals surface area contributed by atoms with E-state index in [1.165, 1.54) is 7.11 Å². The van der Waals surface area contributed by atoms with Crippen LogP contribution in [-0.4, -0.2) is 33.1 Å². The minimum atomic E-state index is 0.232. The van der Waals surface area contributed by atoms with E-state index in [1.54, 1.807) is 6.21 Å². The summed E-state index contributed by atoms with van der Waals surface area (Å²) in [7, 11) is 1.52. The fourth-order valence-corrected chi connectivity index (χ4v) is 2.77. The van der Waals surface area contributed by atoms with E-state index < -0.39 is 0 Å². The monoisotopic (exact) mass is 397 g/mol. The lowest BCUT2D eigenvalue weighted by Crippen LogP contribution is -2.17. The minimum absolute atomic E-state index is 0.232. The minimum Gasteiger partial charge on any atom is -0.493 e. The highest BCUT2D eigenvalue weighted by molar-refractivity contribution is 5.79. The molecule has 2 aromatic rings. The van der Waals surface area contributed by atoms with Crippen LogP contribution in [0.4, 0.5) is 0 Å². The van der Waals surface area contributed by atoms with Crippen molar-refractivity contribution in [3.8, 4) is 17.2 Å². The van der Waals surface area contributed by atoms with Crippen LogP contribution in [0.5, 0.6) is 17.2 Å². The Morgan fingerprint density at radius 2 is 1.69 bits per heavy atom. The number of nitrogens with zero attached hydrogens (tertiary/aromatic N) is 1. The van der Waals surface area contributed by atoms with Gasteiger partial charge in [0.2, 0.25) is 0 Å². The molecule has 156 valence electrons. The molecule has 5 heteroatoms. The molecule has 0 bridgehead atoms. The highest BCUT2D eigenvalue weighted by Gasteiger charge is 2.10. The maximum atomic E-state index is 6.09. The van der Waals surface area contributed by atoms with E-state index >= 15 is 0 Å². The molecular formula is C24H31NO4. The highest BCUT2D eigenvalue weighted by Crippen LogP contribution is 2.29. The fourth-order valence-electron chi connectivity index (χ4n) is 2.77. The second kappa shape index (κ2) is 11.8. The van der Waals surface area contributed by atoms with Gasteiger partial charge >= 0.3 is 0 Å². The Bertz CT molecular complexity index is 806. The van der Waals surface area contributed by atoms with E-state index in [-0.39, 0.29) is 5.92 Å². The van der Waals surface area contributed by atoms with Crippen LogP contribution >= 0.6 is 0 Å². The summed E-state index contributed by atoms with van der Waals surface area (Å²) in [5, 5.41) is 3.77. The molecule has 0 heterocycles. The molecule has 0 aliphatic rings.